The first-order valence-electron chi connectivity index (χ1n) is 8.05. The van der Waals surface area contributed by atoms with Gasteiger partial charge in [-0.2, -0.15) is 5.26 Å². The Labute approximate surface area is 159 Å². The predicted molar refractivity (Wildman–Crippen MR) is 105 cm³/mol. The lowest BCUT2D eigenvalue weighted by Crippen LogP contribution is -2.12. The normalized spacial score (nSPS) is 10.3. The average molecular weight is 377 g/mol. The van der Waals surface area contributed by atoms with Crippen LogP contribution < -0.4 is 5.32 Å². The van der Waals surface area contributed by atoms with Gasteiger partial charge in [-0.05, 0) is 31.0 Å². The van der Waals surface area contributed by atoms with E-state index in [1.807, 2.05) is 37.4 Å². The van der Waals surface area contributed by atoms with E-state index in [0.717, 1.165) is 22.3 Å². The van der Waals surface area contributed by atoms with Gasteiger partial charge in [-0.1, -0.05) is 29.8 Å². The van der Waals surface area contributed by atoms with Crippen LogP contribution in [0, 0.1) is 35.3 Å². The quantitative estimate of drug-likeness (QED) is 0.507. The van der Waals surface area contributed by atoms with Crippen molar-refractivity contribution < 1.29 is 9.72 Å². The number of carbonyl (C=O) groups is 1. The number of amides is 1. The molecule has 3 rings (SSSR count). The van der Waals surface area contributed by atoms with Crippen molar-refractivity contribution >= 4 is 27.9 Å². The first kappa shape index (κ1) is 18.3. The van der Waals surface area contributed by atoms with E-state index >= 15 is 0 Å². The molecule has 0 radical (unpaired) electrons. The molecule has 0 unspecified atom stereocenters. The van der Waals surface area contributed by atoms with Gasteiger partial charge >= 0.3 is 0 Å². The second kappa shape index (κ2) is 7.40. The Kier molecular flexibility index (Phi) is 5.01. The fraction of sp³-hybridized carbons (Fsp3) is 0.100. The SMILES string of the molecule is Cc1ccc(C)c(-c2csc(NC(=O)c3cccc([N+](=O)[O-])c3)c2C#N)c1. The van der Waals surface area contributed by atoms with Crippen molar-refractivity contribution in [1.82, 2.24) is 0 Å². The molecule has 134 valence electrons. The first-order valence-corrected chi connectivity index (χ1v) is 8.93. The van der Waals surface area contributed by atoms with Crippen molar-refractivity contribution in [3.05, 3.63) is 80.2 Å². The summed E-state index contributed by atoms with van der Waals surface area (Å²) >= 11 is 1.26. The molecule has 0 bridgehead atoms. The largest absolute Gasteiger partial charge is 0.312 e. The molecule has 3 aromatic rings. The van der Waals surface area contributed by atoms with E-state index in [0.29, 0.717) is 10.6 Å². The number of non-ortho nitro benzene ring substituents is 1. The fourth-order valence-corrected chi connectivity index (χ4v) is 3.63. The molecule has 7 heteroatoms. The minimum Gasteiger partial charge on any atom is -0.312 e. The van der Waals surface area contributed by atoms with Crippen molar-refractivity contribution in [1.29, 1.82) is 5.26 Å². The Morgan fingerprint density at radius 3 is 2.67 bits per heavy atom. The van der Waals surface area contributed by atoms with Gasteiger partial charge in [-0.25, -0.2) is 0 Å². The van der Waals surface area contributed by atoms with Crippen molar-refractivity contribution in [3.8, 4) is 17.2 Å². The van der Waals surface area contributed by atoms with E-state index in [1.54, 1.807) is 0 Å². The molecular formula is C20H15N3O3S. The Morgan fingerprint density at radius 1 is 1.19 bits per heavy atom. The molecule has 27 heavy (non-hydrogen) atoms. The Hall–Kier alpha value is -3.50. The molecular weight excluding hydrogens is 362 g/mol. The van der Waals surface area contributed by atoms with Crippen molar-refractivity contribution in [3.63, 3.8) is 0 Å². The summed E-state index contributed by atoms with van der Waals surface area (Å²) < 4.78 is 0. The number of nitrogens with zero attached hydrogens (tertiary/aromatic N) is 2. The van der Waals surface area contributed by atoms with E-state index in [9.17, 15) is 20.2 Å². The van der Waals surface area contributed by atoms with Crippen LogP contribution in [0.5, 0.6) is 0 Å². The van der Waals surface area contributed by atoms with Gasteiger partial charge in [-0.3, -0.25) is 14.9 Å². The standard InChI is InChI=1S/C20H15N3O3S/c1-12-6-7-13(2)16(8-12)18-11-27-20(17(18)10-21)22-19(24)14-4-3-5-15(9-14)23(25)26/h3-9,11H,1-2H3,(H,22,24). The highest BCUT2D eigenvalue weighted by atomic mass is 32.1. The zero-order valence-electron chi connectivity index (χ0n) is 14.6. The molecule has 0 aliphatic carbocycles. The molecule has 1 amide bonds. The van der Waals surface area contributed by atoms with Crippen molar-refractivity contribution in [2.75, 3.05) is 5.32 Å². The fourth-order valence-electron chi connectivity index (χ4n) is 2.72. The van der Waals surface area contributed by atoms with Gasteiger partial charge in [0.2, 0.25) is 0 Å². The van der Waals surface area contributed by atoms with Gasteiger partial charge in [0.05, 0.1) is 10.5 Å². The number of nitro groups is 1. The summed E-state index contributed by atoms with van der Waals surface area (Å²) in [5.41, 5.74) is 4.20. The molecule has 0 saturated carbocycles. The van der Waals surface area contributed by atoms with E-state index in [4.69, 9.17) is 0 Å². The minimum atomic E-state index is -0.554. The molecule has 6 nitrogen and oxygen atoms in total. The number of thiophene rings is 1. The van der Waals surface area contributed by atoms with Gasteiger partial charge in [0.1, 0.15) is 11.1 Å². The third-order valence-electron chi connectivity index (χ3n) is 4.13. The summed E-state index contributed by atoms with van der Waals surface area (Å²) in [7, 11) is 0. The second-order valence-electron chi connectivity index (χ2n) is 6.05. The van der Waals surface area contributed by atoms with E-state index in [2.05, 4.69) is 11.4 Å². The third-order valence-corrected chi connectivity index (χ3v) is 5.03. The van der Waals surface area contributed by atoms with Crippen molar-refractivity contribution in [2.24, 2.45) is 0 Å². The summed E-state index contributed by atoms with van der Waals surface area (Å²) in [6, 6.07) is 13.6. The van der Waals surface area contributed by atoms with Crippen LogP contribution in [0.1, 0.15) is 27.0 Å². The number of nitriles is 1. The maximum Gasteiger partial charge on any atom is 0.270 e. The number of benzene rings is 2. The molecule has 2 aromatic carbocycles. The van der Waals surface area contributed by atoms with Gasteiger partial charge in [0.25, 0.3) is 11.6 Å². The number of hydrogen-bond acceptors (Lipinski definition) is 5. The van der Waals surface area contributed by atoms with Gasteiger partial charge in [-0.15, -0.1) is 11.3 Å². The molecule has 0 aliphatic heterocycles. The maximum absolute atomic E-state index is 12.5. The van der Waals surface area contributed by atoms with Crippen LogP contribution in [-0.2, 0) is 0 Å². The number of anilines is 1. The smallest absolute Gasteiger partial charge is 0.270 e. The maximum atomic E-state index is 12.5. The number of aryl methyl sites for hydroxylation is 2. The van der Waals surface area contributed by atoms with Crippen LogP contribution in [0.2, 0.25) is 0 Å². The van der Waals surface area contributed by atoms with Crippen LogP contribution in [-0.4, -0.2) is 10.8 Å². The molecule has 0 aliphatic rings. The highest BCUT2D eigenvalue weighted by Crippen LogP contribution is 2.37. The van der Waals surface area contributed by atoms with Crippen LogP contribution in [0.3, 0.4) is 0 Å². The lowest BCUT2D eigenvalue weighted by Gasteiger charge is -2.07. The van der Waals surface area contributed by atoms with Crippen LogP contribution >= 0.6 is 11.3 Å². The van der Waals surface area contributed by atoms with Crippen LogP contribution in [0.25, 0.3) is 11.1 Å². The highest BCUT2D eigenvalue weighted by Gasteiger charge is 2.18. The molecule has 0 fully saturated rings. The number of carbonyl (C=O) groups excluding carboxylic acids is 1. The monoisotopic (exact) mass is 377 g/mol. The zero-order valence-corrected chi connectivity index (χ0v) is 15.5. The van der Waals surface area contributed by atoms with Gasteiger partial charge < -0.3 is 5.32 Å². The molecule has 1 heterocycles. The van der Waals surface area contributed by atoms with Crippen molar-refractivity contribution in [2.45, 2.75) is 13.8 Å². The molecule has 1 N–H and O–H groups in total. The summed E-state index contributed by atoms with van der Waals surface area (Å²) in [5, 5.41) is 25.5. The van der Waals surface area contributed by atoms with Gasteiger partial charge in [0.15, 0.2) is 0 Å². The molecule has 0 atom stereocenters. The lowest BCUT2D eigenvalue weighted by atomic mass is 9.98. The zero-order chi connectivity index (χ0) is 19.6. The van der Waals surface area contributed by atoms with E-state index < -0.39 is 10.8 Å². The first-order chi connectivity index (χ1) is 12.9. The molecule has 0 spiro atoms. The van der Waals surface area contributed by atoms with Crippen LogP contribution in [0.15, 0.2) is 47.8 Å². The number of nitro benzene ring substituents is 1. The summed E-state index contributed by atoms with van der Waals surface area (Å²) in [5.74, 6) is -0.496. The minimum absolute atomic E-state index is 0.162. The number of rotatable bonds is 4. The third kappa shape index (κ3) is 3.71. The topological polar surface area (TPSA) is 96.0 Å². The predicted octanol–water partition coefficient (Wildman–Crippen LogP) is 5.06. The Morgan fingerprint density at radius 2 is 1.96 bits per heavy atom. The number of hydrogen-bond donors (Lipinski definition) is 1. The summed E-state index contributed by atoms with van der Waals surface area (Å²) in [4.78, 5) is 22.8. The van der Waals surface area contributed by atoms with Crippen LogP contribution in [0.4, 0.5) is 10.7 Å². The summed E-state index contributed by atoms with van der Waals surface area (Å²) in [6.45, 7) is 3.95. The lowest BCUT2D eigenvalue weighted by molar-refractivity contribution is -0.384. The number of nitrogens with one attached hydrogen (secondary N) is 1. The Bertz CT molecular complexity index is 1100. The van der Waals surface area contributed by atoms with E-state index in [-0.39, 0.29) is 11.3 Å². The van der Waals surface area contributed by atoms with E-state index in [1.165, 1.54) is 35.6 Å². The highest BCUT2D eigenvalue weighted by molar-refractivity contribution is 7.15. The summed E-state index contributed by atoms with van der Waals surface area (Å²) in [6.07, 6.45) is 0. The molecule has 1 aromatic heterocycles. The second-order valence-corrected chi connectivity index (χ2v) is 6.92. The Balaban J connectivity index is 1.95. The average Bonchev–Trinajstić information content (AvgIpc) is 3.06. The van der Waals surface area contributed by atoms with Gasteiger partial charge in [0, 0.05) is 28.6 Å². The molecule has 0 saturated heterocycles.